The average Bonchev–Trinajstić information content (AvgIpc) is 3.02. The highest BCUT2D eigenvalue weighted by Crippen LogP contribution is 2.35. The van der Waals surface area contributed by atoms with E-state index in [0.29, 0.717) is 6.04 Å². The number of fused-ring (bicyclic) bond motifs is 1. The van der Waals surface area contributed by atoms with E-state index in [-0.39, 0.29) is 0 Å². The fourth-order valence-corrected chi connectivity index (χ4v) is 3.85. The number of nitrogens with zero attached hydrogens (tertiary/aromatic N) is 2. The Balaban J connectivity index is 1.78. The van der Waals surface area contributed by atoms with E-state index in [2.05, 4.69) is 14.5 Å². The molecule has 0 bridgehead atoms. The van der Waals surface area contributed by atoms with E-state index in [1.165, 1.54) is 25.8 Å². The summed E-state index contributed by atoms with van der Waals surface area (Å²) < 4.78 is 3.03. The zero-order valence-corrected chi connectivity index (χ0v) is 12.2. The second-order valence-electron chi connectivity index (χ2n) is 5.60. The Hall–Kier alpha value is -0.840. The summed E-state index contributed by atoms with van der Waals surface area (Å²) in [7, 11) is 0. The molecule has 5 heteroatoms. The first-order valence-corrected chi connectivity index (χ1v) is 7.65. The van der Waals surface area contributed by atoms with E-state index in [0.717, 1.165) is 33.4 Å². The molecule has 1 aliphatic heterocycles. The highest BCUT2D eigenvalue weighted by Gasteiger charge is 2.35. The van der Waals surface area contributed by atoms with Gasteiger partial charge in [-0.2, -0.15) is 0 Å². The van der Waals surface area contributed by atoms with Crippen molar-refractivity contribution in [3.63, 3.8) is 0 Å². The van der Waals surface area contributed by atoms with Crippen LogP contribution in [0.15, 0.2) is 18.2 Å². The maximum Gasteiger partial charge on any atom is 0.178 e. The molecular weight excluding hydrogens is 278 g/mol. The maximum atomic E-state index is 6.36. The zero-order valence-electron chi connectivity index (χ0n) is 10.6. The van der Waals surface area contributed by atoms with Crippen molar-refractivity contribution in [1.82, 2.24) is 14.5 Å². The van der Waals surface area contributed by atoms with Crippen LogP contribution in [0.1, 0.15) is 25.3 Å². The summed E-state index contributed by atoms with van der Waals surface area (Å²) in [4.78, 5) is 5.88. The summed E-state index contributed by atoms with van der Waals surface area (Å²) >= 11 is 11.9. The molecule has 2 aromatic rings. The molecule has 2 heterocycles. The lowest BCUT2D eigenvalue weighted by Gasteiger charge is -2.16. The van der Waals surface area contributed by atoms with E-state index in [1.54, 1.807) is 0 Å². The fraction of sp³-hybridized carbons (Fsp3) is 0.500. The van der Waals surface area contributed by atoms with Crippen molar-refractivity contribution in [1.29, 1.82) is 0 Å². The van der Waals surface area contributed by atoms with Crippen molar-refractivity contribution in [2.24, 2.45) is 0 Å². The second kappa shape index (κ2) is 4.33. The first-order valence-electron chi connectivity index (χ1n) is 6.87. The molecule has 1 N–H and O–H groups in total. The summed E-state index contributed by atoms with van der Waals surface area (Å²) in [5.74, 6) is 0. The van der Waals surface area contributed by atoms with Gasteiger partial charge in [0.25, 0.3) is 0 Å². The third-order valence-corrected chi connectivity index (χ3v) is 4.92. The van der Waals surface area contributed by atoms with Gasteiger partial charge in [-0.1, -0.05) is 17.7 Å². The monoisotopic (exact) mass is 293 g/mol. The van der Waals surface area contributed by atoms with Crippen LogP contribution >= 0.6 is 23.8 Å². The van der Waals surface area contributed by atoms with E-state index < -0.39 is 0 Å². The third-order valence-electron chi connectivity index (χ3n) is 4.31. The number of likely N-dealkylation sites (tertiary alicyclic amines) is 1. The Morgan fingerprint density at radius 1 is 1.21 bits per heavy atom. The lowest BCUT2D eigenvalue weighted by molar-refractivity contribution is 0.314. The molecule has 19 heavy (non-hydrogen) atoms. The van der Waals surface area contributed by atoms with E-state index in [9.17, 15) is 0 Å². The number of imidazole rings is 1. The largest absolute Gasteiger partial charge is 0.331 e. The van der Waals surface area contributed by atoms with Gasteiger partial charge in [0.15, 0.2) is 4.77 Å². The Labute approximate surface area is 122 Å². The van der Waals surface area contributed by atoms with Gasteiger partial charge in [-0.25, -0.2) is 0 Å². The van der Waals surface area contributed by atoms with Gasteiger partial charge < -0.3 is 9.55 Å². The van der Waals surface area contributed by atoms with Gasteiger partial charge in [0.1, 0.15) is 0 Å². The topological polar surface area (TPSA) is 24.0 Å². The standard InChI is InChI=1S/C14H16ClN3S/c15-11-2-1-3-12-13(11)18(14(19)16-12)10-6-7-17(8-10)9-4-5-9/h1-3,9-10H,4-8H2,(H,16,19). The molecule has 1 saturated carbocycles. The van der Waals surface area contributed by atoms with Crippen LogP contribution in [0.5, 0.6) is 0 Å². The Kier molecular flexibility index (Phi) is 2.72. The van der Waals surface area contributed by atoms with Crippen LogP contribution in [0.25, 0.3) is 11.0 Å². The van der Waals surface area contributed by atoms with Gasteiger partial charge in [-0.05, 0) is 43.6 Å². The molecule has 0 spiro atoms. The van der Waals surface area contributed by atoms with Crippen molar-refractivity contribution in [3.8, 4) is 0 Å². The molecule has 2 fully saturated rings. The quantitative estimate of drug-likeness (QED) is 0.853. The van der Waals surface area contributed by atoms with Gasteiger partial charge in [-0.3, -0.25) is 4.90 Å². The van der Waals surface area contributed by atoms with Crippen molar-refractivity contribution < 1.29 is 0 Å². The SMILES string of the molecule is S=c1[nH]c2cccc(Cl)c2n1C1CCN(C2CC2)C1. The molecular formula is C14H16ClN3S. The molecule has 3 nitrogen and oxygen atoms in total. The van der Waals surface area contributed by atoms with Crippen molar-refractivity contribution in [3.05, 3.63) is 28.0 Å². The lowest BCUT2D eigenvalue weighted by atomic mass is 10.2. The Bertz CT molecular complexity index is 686. The van der Waals surface area contributed by atoms with Gasteiger partial charge >= 0.3 is 0 Å². The highest BCUT2D eigenvalue weighted by atomic mass is 35.5. The number of aromatic nitrogens is 2. The van der Waals surface area contributed by atoms with Gasteiger partial charge in [-0.15, -0.1) is 0 Å². The molecule has 1 aliphatic carbocycles. The molecule has 0 amide bonds. The molecule has 1 saturated heterocycles. The number of hydrogen-bond donors (Lipinski definition) is 1. The number of nitrogens with one attached hydrogen (secondary N) is 1. The minimum Gasteiger partial charge on any atom is -0.331 e. The first-order chi connectivity index (χ1) is 9.24. The van der Waals surface area contributed by atoms with E-state index in [1.807, 2.05) is 18.2 Å². The van der Waals surface area contributed by atoms with Crippen LogP contribution in [0.2, 0.25) is 5.02 Å². The van der Waals surface area contributed by atoms with Crippen molar-refractivity contribution in [2.45, 2.75) is 31.3 Å². The molecule has 0 radical (unpaired) electrons. The van der Waals surface area contributed by atoms with Crippen molar-refractivity contribution in [2.75, 3.05) is 13.1 Å². The van der Waals surface area contributed by atoms with E-state index in [4.69, 9.17) is 23.8 Å². The Morgan fingerprint density at radius 2 is 2.05 bits per heavy atom. The van der Waals surface area contributed by atoms with Crippen LogP contribution in [-0.4, -0.2) is 33.6 Å². The minimum atomic E-state index is 0.460. The molecule has 1 aromatic heterocycles. The normalized spacial score (nSPS) is 24.4. The number of rotatable bonds is 2. The zero-order chi connectivity index (χ0) is 13.0. The number of aromatic amines is 1. The van der Waals surface area contributed by atoms with Crippen LogP contribution in [0.4, 0.5) is 0 Å². The van der Waals surface area contributed by atoms with Crippen LogP contribution in [0, 0.1) is 4.77 Å². The minimum absolute atomic E-state index is 0.460. The third kappa shape index (κ3) is 1.93. The number of benzene rings is 1. The fourth-order valence-electron chi connectivity index (χ4n) is 3.24. The van der Waals surface area contributed by atoms with Gasteiger partial charge in [0.05, 0.1) is 22.1 Å². The summed E-state index contributed by atoms with van der Waals surface area (Å²) in [5, 5.41) is 0.787. The van der Waals surface area contributed by atoms with Gasteiger partial charge in [0.2, 0.25) is 0 Å². The Morgan fingerprint density at radius 3 is 2.84 bits per heavy atom. The molecule has 4 rings (SSSR count). The lowest BCUT2D eigenvalue weighted by Crippen LogP contribution is -2.23. The number of para-hydroxylation sites is 1. The summed E-state index contributed by atoms with van der Waals surface area (Å²) in [6.07, 6.45) is 3.91. The number of halogens is 1. The predicted molar refractivity (Wildman–Crippen MR) is 80.4 cm³/mol. The van der Waals surface area contributed by atoms with Crippen LogP contribution < -0.4 is 0 Å². The molecule has 1 atom stereocenters. The predicted octanol–water partition coefficient (Wildman–Crippen LogP) is 3.76. The summed E-state index contributed by atoms with van der Waals surface area (Å²) in [5.41, 5.74) is 2.11. The van der Waals surface area contributed by atoms with Crippen LogP contribution in [0.3, 0.4) is 0 Å². The average molecular weight is 294 g/mol. The van der Waals surface area contributed by atoms with Crippen LogP contribution in [-0.2, 0) is 0 Å². The first kappa shape index (κ1) is 11.9. The smallest absolute Gasteiger partial charge is 0.178 e. The van der Waals surface area contributed by atoms with E-state index >= 15 is 0 Å². The number of hydrogen-bond acceptors (Lipinski definition) is 2. The summed E-state index contributed by atoms with van der Waals surface area (Å²) in [6, 6.07) is 7.24. The molecule has 2 aliphatic rings. The highest BCUT2D eigenvalue weighted by molar-refractivity contribution is 7.71. The summed E-state index contributed by atoms with van der Waals surface area (Å²) in [6.45, 7) is 2.30. The molecule has 1 aromatic carbocycles. The van der Waals surface area contributed by atoms with Crippen molar-refractivity contribution >= 4 is 34.9 Å². The number of H-pyrrole nitrogens is 1. The van der Waals surface area contributed by atoms with Gasteiger partial charge in [0, 0.05) is 19.1 Å². The molecule has 100 valence electrons. The molecule has 1 unspecified atom stereocenters. The second-order valence-corrected chi connectivity index (χ2v) is 6.40. The maximum absolute atomic E-state index is 6.36.